The number of hydrogen-bond acceptors (Lipinski definition) is 5. The molecule has 1 N–H and O–H groups in total. The molecule has 1 saturated heterocycles. The van der Waals surface area contributed by atoms with Crippen molar-refractivity contribution in [1.82, 2.24) is 20.1 Å². The Morgan fingerprint density at radius 1 is 1.53 bits per heavy atom. The van der Waals surface area contributed by atoms with Gasteiger partial charge in [0.1, 0.15) is 23.3 Å². The van der Waals surface area contributed by atoms with E-state index in [1.807, 2.05) is 28.6 Å². The second-order valence-electron chi connectivity index (χ2n) is 4.43. The van der Waals surface area contributed by atoms with E-state index in [1.54, 1.807) is 19.8 Å². The molecule has 0 saturated carbocycles. The Bertz CT molecular complexity index is 537. The van der Waals surface area contributed by atoms with Crippen LogP contribution < -0.4 is 10.1 Å². The molecule has 2 aromatic rings. The van der Waals surface area contributed by atoms with E-state index in [-0.39, 0.29) is 4.87 Å². The molecular formula is C13H16N4OS. The second-order valence-corrected chi connectivity index (χ2v) is 5.82. The van der Waals surface area contributed by atoms with Gasteiger partial charge in [-0.2, -0.15) is 5.10 Å². The number of methoxy groups -OCH3 is 1. The van der Waals surface area contributed by atoms with Crippen molar-refractivity contribution in [2.75, 3.05) is 19.4 Å². The normalized spacial score (nSPS) is 22.6. The molecule has 0 radical (unpaired) electrons. The fraction of sp³-hybridized carbons (Fsp3) is 0.385. The number of hydrogen-bond donors (Lipinski definition) is 1. The van der Waals surface area contributed by atoms with Gasteiger partial charge in [-0.15, -0.1) is 11.8 Å². The summed E-state index contributed by atoms with van der Waals surface area (Å²) in [5, 5.41) is 7.81. The molecule has 1 atom stereocenters. The number of rotatable bonds is 4. The number of thioether (sulfide) groups is 1. The topological polar surface area (TPSA) is 52.0 Å². The van der Waals surface area contributed by atoms with Gasteiger partial charge in [0.25, 0.3) is 0 Å². The van der Waals surface area contributed by atoms with Crippen LogP contribution in [0.2, 0.25) is 0 Å². The standard InChI is InChI=1S/C13H16N4OS/c1-18-12-4-2-3-11(7-12)13(15-5-6-19-13)8-17-10-14-9-16-17/h2-4,7,9-10,15H,5-6,8H2,1H3. The molecule has 100 valence electrons. The van der Waals surface area contributed by atoms with Gasteiger partial charge in [0.05, 0.1) is 13.7 Å². The first-order valence-corrected chi connectivity index (χ1v) is 7.17. The zero-order valence-corrected chi connectivity index (χ0v) is 11.6. The largest absolute Gasteiger partial charge is 0.497 e. The van der Waals surface area contributed by atoms with Gasteiger partial charge in [-0.25, -0.2) is 9.67 Å². The Labute approximate surface area is 116 Å². The summed E-state index contributed by atoms with van der Waals surface area (Å²) in [6.45, 7) is 1.75. The molecule has 0 aliphatic carbocycles. The summed E-state index contributed by atoms with van der Waals surface area (Å²) in [6.07, 6.45) is 3.32. The highest BCUT2D eigenvalue weighted by atomic mass is 32.2. The van der Waals surface area contributed by atoms with Gasteiger partial charge in [0.2, 0.25) is 0 Å². The molecule has 0 amide bonds. The average molecular weight is 276 g/mol. The van der Waals surface area contributed by atoms with Gasteiger partial charge in [-0.05, 0) is 17.7 Å². The van der Waals surface area contributed by atoms with E-state index in [0.717, 1.165) is 24.6 Å². The Hall–Kier alpha value is -1.53. The van der Waals surface area contributed by atoms with Crippen LogP contribution in [0.3, 0.4) is 0 Å². The lowest BCUT2D eigenvalue weighted by atomic mass is 10.1. The Morgan fingerprint density at radius 2 is 2.47 bits per heavy atom. The van der Waals surface area contributed by atoms with Crippen molar-refractivity contribution in [2.24, 2.45) is 0 Å². The lowest BCUT2D eigenvalue weighted by molar-refractivity contribution is 0.403. The quantitative estimate of drug-likeness (QED) is 0.916. The first kappa shape index (κ1) is 12.5. The highest BCUT2D eigenvalue weighted by Gasteiger charge is 2.37. The molecule has 0 bridgehead atoms. The van der Waals surface area contributed by atoms with E-state index in [4.69, 9.17) is 4.74 Å². The summed E-state index contributed by atoms with van der Waals surface area (Å²) in [7, 11) is 1.69. The molecule has 1 fully saturated rings. The predicted molar refractivity (Wildman–Crippen MR) is 75.2 cm³/mol. The van der Waals surface area contributed by atoms with E-state index < -0.39 is 0 Å². The number of aromatic nitrogens is 3. The molecule has 2 heterocycles. The minimum absolute atomic E-state index is 0.151. The summed E-state index contributed by atoms with van der Waals surface area (Å²) < 4.78 is 7.19. The van der Waals surface area contributed by atoms with Gasteiger partial charge in [-0.3, -0.25) is 5.32 Å². The molecule has 0 spiro atoms. The number of benzene rings is 1. The van der Waals surface area contributed by atoms with Crippen LogP contribution in [0.5, 0.6) is 5.75 Å². The molecule has 1 aliphatic heterocycles. The van der Waals surface area contributed by atoms with Crippen LogP contribution in [0.4, 0.5) is 0 Å². The van der Waals surface area contributed by atoms with Gasteiger partial charge >= 0.3 is 0 Å². The third-order valence-electron chi connectivity index (χ3n) is 3.25. The van der Waals surface area contributed by atoms with E-state index >= 15 is 0 Å². The summed E-state index contributed by atoms with van der Waals surface area (Å²) in [6, 6.07) is 8.21. The van der Waals surface area contributed by atoms with Crippen LogP contribution in [0.25, 0.3) is 0 Å². The fourth-order valence-electron chi connectivity index (χ4n) is 2.32. The first-order chi connectivity index (χ1) is 9.32. The van der Waals surface area contributed by atoms with Gasteiger partial charge in [0.15, 0.2) is 0 Å². The first-order valence-electron chi connectivity index (χ1n) is 6.18. The van der Waals surface area contributed by atoms with E-state index in [2.05, 4.69) is 27.5 Å². The van der Waals surface area contributed by atoms with Crippen LogP contribution in [-0.4, -0.2) is 34.2 Å². The number of nitrogens with zero attached hydrogens (tertiary/aromatic N) is 3. The van der Waals surface area contributed by atoms with Gasteiger partial charge < -0.3 is 4.74 Å². The summed E-state index contributed by atoms with van der Waals surface area (Å²) >= 11 is 1.91. The van der Waals surface area contributed by atoms with Crippen LogP contribution in [0, 0.1) is 0 Å². The zero-order valence-electron chi connectivity index (χ0n) is 10.7. The Balaban J connectivity index is 1.95. The highest BCUT2D eigenvalue weighted by molar-refractivity contribution is 8.00. The molecule has 3 rings (SSSR count). The van der Waals surface area contributed by atoms with Crippen LogP contribution in [-0.2, 0) is 11.4 Å². The van der Waals surface area contributed by atoms with E-state index in [9.17, 15) is 0 Å². The summed E-state index contributed by atoms with van der Waals surface area (Å²) in [5.74, 6) is 1.97. The maximum Gasteiger partial charge on any atom is 0.137 e. The predicted octanol–water partition coefficient (Wildman–Crippen LogP) is 1.48. The van der Waals surface area contributed by atoms with Gasteiger partial charge in [-0.1, -0.05) is 12.1 Å². The second kappa shape index (κ2) is 5.22. The minimum Gasteiger partial charge on any atom is -0.497 e. The third kappa shape index (κ3) is 2.46. The molecule has 5 nitrogen and oxygen atoms in total. The fourth-order valence-corrected chi connectivity index (χ4v) is 3.60. The van der Waals surface area contributed by atoms with Crippen LogP contribution in [0.1, 0.15) is 5.56 Å². The minimum atomic E-state index is -0.151. The van der Waals surface area contributed by atoms with Crippen molar-refractivity contribution >= 4 is 11.8 Å². The van der Waals surface area contributed by atoms with Crippen molar-refractivity contribution < 1.29 is 4.74 Å². The Kier molecular flexibility index (Phi) is 3.44. The molecule has 1 aromatic heterocycles. The van der Waals surface area contributed by atoms with Crippen molar-refractivity contribution in [3.05, 3.63) is 42.5 Å². The molecule has 1 unspecified atom stereocenters. The van der Waals surface area contributed by atoms with E-state index in [1.165, 1.54) is 5.56 Å². The van der Waals surface area contributed by atoms with Crippen molar-refractivity contribution in [3.63, 3.8) is 0 Å². The number of nitrogens with one attached hydrogen (secondary N) is 1. The van der Waals surface area contributed by atoms with Crippen LogP contribution in [0.15, 0.2) is 36.9 Å². The molecular weight excluding hydrogens is 260 g/mol. The maximum absolute atomic E-state index is 5.32. The van der Waals surface area contributed by atoms with Crippen molar-refractivity contribution in [3.8, 4) is 5.75 Å². The lowest BCUT2D eigenvalue weighted by Gasteiger charge is -2.29. The Morgan fingerprint density at radius 3 is 3.16 bits per heavy atom. The lowest BCUT2D eigenvalue weighted by Crippen LogP contribution is -2.38. The molecule has 19 heavy (non-hydrogen) atoms. The maximum atomic E-state index is 5.32. The van der Waals surface area contributed by atoms with Gasteiger partial charge in [0, 0.05) is 12.3 Å². The molecule has 1 aromatic carbocycles. The SMILES string of the molecule is COc1cccc(C2(Cn3cncn3)NCCS2)c1. The highest BCUT2D eigenvalue weighted by Crippen LogP contribution is 2.39. The summed E-state index contributed by atoms with van der Waals surface area (Å²) in [5.41, 5.74) is 1.21. The zero-order chi connectivity index (χ0) is 13.1. The average Bonchev–Trinajstić information content (AvgIpc) is 3.12. The third-order valence-corrected chi connectivity index (χ3v) is 4.66. The summed E-state index contributed by atoms with van der Waals surface area (Å²) in [4.78, 5) is 3.86. The smallest absolute Gasteiger partial charge is 0.137 e. The van der Waals surface area contributed by atoms with Crippen molar-refractivity contribution in [1.29, 1.82) is 0 Å². The molecule has 6 heteroatoms. The van der Waals surface area contributed by atoms with Crippen molar-refractivity contribution in [2.45, 2.75) is 11.4 Å². The number of ether oxygens (including phenoxy) is 1. The monoisotopic (exact) mass is 276 g/mol. The molecule has 1 aliphatic rings. The van der Waals surface area contributed by atoms with Crippen LogP contribution >= 0.6 is 11.8 Å². The van der Waals surface area contributed by atoms with E-state index in [0.29, 0.717) is 0 Å².